The first kappa shape index (κ1) is 30.3. The Labute approximate surface area is 280 Å². The molecule has 5 heteroatoms. The topological polar surface area (TPSA) is 34.1 Å². The monoisotopic (exact) mass is 670 g/mol. The smallest absolute Gasteiger partial charge is 0.175 e. The van der Waals surface area contributed by atoms with Crippen molar-refractivity contribution in [3.63, 3.8) is 0 Å². The van der Waals surface area contributed by atoms with Gasteiger partial charge in [-0.15, -0.1) is 0 Å². The number of benzene rings is 5. The second-order valence-corrected chi connectivity index (χ2v) is 13.1. The summed E-state index contributed by atoms with van der Waals surface area (Å²) in [4.78, 5) is 7.72. The van der Waals surface area contributed by atoms with Gasteiger partial charge in [0.05, 0.1) is 16.8 Å². The minimum absolute atomic E-state index is 0.347. The van der Waals surface area contributed by atoms with Gasteiger partial charge in [-0.1, -0.05) is 90.5 Å². The summed E-state index contributed by atoms with van der Waals surface area (Å²) in [5, 5.41) is 0. The van der Waals surface area contributed by atoms with E-state index in [0.717, 1.165) is 47.2 Å². The summed E-state index contributed by atoms with van der Waals surface area (Å²) in [6, 6.07) is 39.1. The molecule has 0 spiro atoms. The highest BCUT2D eigenvalue weighted by molar-refractivity contribution is 9.10. The lowest BCUT2D eigenvalue weighted by molar-refractivity contribution is 0.267. The Morgan fingerprint density at radius 3 is 1.98 bits per heavy atom. The van der Waals surface area contributed by atoms with Crippen LogP contribution in [0.2, 0.25) is 0 Å². The molecular formula is C41H39BrN2O2. The molecule has 4 nitrogen and oxygen atoms in total. The molecule has 0 saturated carbocycles. The number of rotatable bonds is 9. The summed E-state index contributed by atoms with van der Waals surface area (Å²) < 4.78 is 13.2. The normalized spacial score (nSPS) is 17.2. The minimum Gasteiger partial charge on any atom is -0.490 e. The number of aliphatic imine (C=N–C) groups is 1. The quantitative estimate of drug-likeness (QED) is 0.146. The number of anilines is 1. The van der Waals surface area contributed by atoms with Gasteiger partial charge < -0.3 is 14.4 Å². The molecule has 5 aromatic carbocycles. The van der Waals surface area contributed by atoms with Crippen molar-refractivity contribution in [2.24, 2.45) is 4.99 Å². The summed E-state index contributed by atoms with van der Waals surface area (Å²) in [6.07, 6.45) is 4.16. The molecule has 7 rings (SSSR count). The zero-order chi connectivity index (χ0) is 31.5. The summed E-state index contributed by atoms with van der Waals surface area (Å²) in [7, 11) is 0. The molecule has 2 atom stereocenters. The average Bonchev–Trinajstić information content (AvgIpc) is 3.09. The van der Waals surface area contributed by atoms with Crippen molar-refractivity contribution in [2.45, 2.75) is 45.1 Å². The molecule has 0 aromatic heterocycles. The lowest BCUT2D eigenvalue weighted by Gasteiger charge is -2.43. The number of halogens is 1. The fourth-order valence-corrected chi connectivity index (χ4v) is 7.54. The van der Waals surface area contributed by atoms with Gasteiger partial charge in [0, 0.05) is 36.8 Å². The summed E-state index contributed by atoms with van der Waals surface area (Å²) in [5.41, 5.74) is 11.2. The molecule has 0 bridgehead atoms. The Kier molecular flexibility index (Phi) is 8.94. The lowest BCUT2D eigenvalue weighted by Crippen LogP contribution is -2.37. The van der Waals surface area contributed by atoms with Crippen molar-refractivity contribution >= 4 is 33.5 Å². The molecule has 0 saturated heterocycles. The van der Waals surface area contributed by atoms with Crippen LogP contribution in [-0.4, -0.2) is 25.9 Å². The number of nitrogens with zero attached hydrogens (tertiary/aromatic N) is 2. The van der Waals surface area contributed by atoms with Crippen LogP contribution in [0.4, 0.5) is 11.4 Å². The SMILES string of the molecule is CCOc1cc(C=Nc2cc3c4c(c2)C(c2ccccc2)CCN4CCC3c2ccccc2)cc(Br)c1OCc1ccc(C)cc1. The van der Waals surface area contributed by atoms with Crippen LogP contribution in [-0.2, 0) is 6.61 Å². The molecule has 2 aliphatic heterocycles. The molecule has 0 N–H and O–H groups in total. The van der Waals surface area contributed by atoms with Crippen LogP contribution in [0.15, 0.2) is 119 Å². The second kappa shape index (κ2) is 13.6. The predicted octanol–water partition coefficient (Wildman–Crippen LogP) is 10.4. The van der Waals surface area contributed by atoms with E-state index in [1.807, 2.05) is 19.2 Å². The van der Waals surface area contributed by atoms with E-state index < -0.39 is 0 Å². The van der Waals surface area contributed by atoms with Crippen LogP contribution in [0, 0.1) is 6.92 Å². The number of ether oxygens (including phenoxy) is 2. The van der Waals surface area contributed by atoms with E-state index in [2.05, 4.69) is 131 Å². The molecule has 2 heterocycles. The first-order chi connectivity index (χ1) is 22.6. The first-order valence-electron chi connectivity index (χ1n) is 16.3. The van der Waals surface area contributed by atoms with Crippen molar-refractivity contribution in [1.82, 2.24) is 0 Å². The highest BCUT2D eigenvalue weighted by Crippen LogP contribution is 2.50. The third-order valence-electron chi connectivity index (χ3n) is 9.20. The van der Waals surface area contributed by atoms with Crippen LogP contribution in [0.3, 0.4) is 0 Å². The van der Waals surface area contributed by atoms with E-state index in [-0.39, 0.29) is 0 Å². The van der Waals surface area contributed by atoms with E-state index in [9.17, 15) is 0 Å². The Morgan fingerprint density at radius 2 is 1.39 bits per heavy atom. The van der Waals surface area contributed by atoms with Gasteiger partial charge in [0.1, 0.15) is 6.61 Å². The van der Waals surface area contributed by atoms with E-state index in [0.29, 0.717) is 36.5 Å². The zero-order valence-electron chi connectivity index (χ0n) is 26.5. The van der Waals surface area contributed by atoms with Crippen molar-refractivity contribution < 1.29 is 9.47 Å². The van der Waals surface area contributed by atoms with Gasteiger partial charge in [-0.2, -0.15) is 0 Å². The molecule has 5 aromatic rings. The molecule has 232 valence electrons. The standard InChI is InChI=1S/C41H39BrN2O2/c1-3-45-39-23-30(22-38(42)41(39)46-27-29-16-14-28(2)15-17-29)26-43-33-24-36-34(31-10-6-4-7-11-31)18-20-44-21-19-35(37(25-33)40(36)44)32-12-8-5-9-13-32/h4-17,22-26,34-35H,3,18-21,27H2,1-2H3. The van der Waals surface area contributed by atoms with Gasteiger partial charge >= 0.3 is 0 Å². The minimum atomic E-state index is 0.347. The van der Waals surface area contributed by atoms with Crippen molar-refractivity contribution in [1.29, 1.82) is 0 Å². The number of hydrogen-bond acceptors (Lipinski definition) is 4. The van der Waals surface area contributed by atoms with Crippen LogP contribution < -0.4 is 14.4 Å². The van der Waals surface area contributed by atoms with Crippen molar-refractivity contribution in [3.05, 3.63) is 153 Å². The maximum Gasteiger partial charge on any atom is 0.175 e. The van der Waals surface area contributed by atoms with E-state index in [1.165, 1.54) is 33.5 Å². The molecular weight excluding hydrogens is 632 g/mol. The molecule has 0 radical (unpaired) electrons. The Balaban J connectivity index is 1.25. The number of aryl methyl sites for hydroxylation is 1. The van der Waals surface area contributed by atoms with Gasteiger partial charge in [0.25, 0.3) is 0 Å². The Morgan fingerprint density at radius 1 is 0.783 bits per heavy atom. The fourth-order valence-electron chi connectivity index (χ4n) is 6.97. The van der Waals surface area contributed by atoms with Gasteiger partial charge in [0.2, 0.25) is 0 Å². The van der Waals surface area contributed by atoms with Gasteiger partial charge in [-0.05, 0) is 100 Å². The average molecular weight is 672 g/mol. The van der Waals surface area contributed by atoms with Gasteiger partial charge in [-0.3, -0.25) is 4.99 Å². The molecule has 0 amide bonds. The molecule has 2 unspecified atom stereocenters. The summed E-state index contributed by atoms with van der Waals surface area (Å²) >= 11 is 3.76. The highest BCUT2D eigenvalue weighted by Gasteiger charge is 2.35. The maximum absolute atomic E-state index is 6.26. The third kappa shape index (κ3) is 6.34. The summed E-state index contributed by atoms with van der Waals surface area (Å²) in [5.74, 6) is 2.10. The third-order valence-corrected chi connectivity index (χ3v) is 9.79. The molecule has 0 aliphatic carbocycles. The summed E-state index contributed by atoms with van der Waals surface area (Å²) in [6.45, 7) is 7.25. The van der Waals surface area contributed by atoms with Gasteiger partial charge in [0.15, 0.2) is 11.5 Å². The molecule has 46 heavy (non-hydrogen) atoms. The van der Waals surface area contributed by atoms with Crippen LogP contribution in [0.5, 0.6) is 11.5 Å². The van der Waals surface area contributed by atoms with E-state index >= 15 is 0 Å². The van der Waals surface area contributed by atoms with E-state index in [4.69, 9.17) is 14.5 Å². The van der Waals surface area contributed by atoms with E-state index in [1.54, 1.807) is 0 Å². The Bertz CT molecular complexity index is 1760. The van der Waals surface area contributed by atoms with Crippen molar-refractivity contribution in [3.8, 4) is 11.5 Å². The van der Waals surface area contributed by atoms with Gasteiger partial charge in [-0.25, -0.2) is 0 Å². The number of hydrogen-bond donors (Lipinski definition) is 0. The Hall–Kier alpha value is -4.35. The van der Waals surface area contributed by atoms with Crippen LogP contribution in [0.1, 0.15) is 70.5 Å². The predicted molar refractivity (Wildman–Crippen MR) is 193 cm³/mol. The second-order valence-electron chi connectivity index (χ2n) is 12.3. The van der Waals surface area contributed by atoms with Crippen LogP contribution >= 0.6 is 15.9 Å². The molecule has 0 fully saturated rings. The molecule has 2 aliphatic rings. The largest absolute Gasteiger partial charge is 0.490 e. The zero-order valence-corrected chi connectivity index (χ0v) is 28.0. The lowest BCUT2D eigenvalue weighted by atomic mass is 9.76. The maximum atomic E-state index is 6.26. The van der Waals surface area contributed by atoms with Crippen molar-refractivity contribution in [2.75, 3.05) is 24.6 Å². The van der Waals surface area contributed by atoms with Crippen LogP contribution in [0.25, 0.3) is 0 Å². The fraction of sp³-hybridized carbons (Fsp3) is 0.244. The highest BCUT2D eigenvalue weighted by atomic mass is 79.9. The first-order valence-corrected chi connectivity index (χ1v) is 17.1.